The number of aliphatic carboxylic acids is 1. The van der Waals surface area contributed by atoms with E-state index in [4.69, 9.17) is 9.52 Å². The van der Waals surface area contributed by atoms with Crippen molar-refractivity contribution in [2.45, 2.75) is 20.3 Å². The van der Waals surface area contributed by atoms with Crippen LogP contribution in [0, 0.1) is 13.8 Å². The van der Waals surface area contributed by atoms with Crippen molar-refractivity contribution >= 4 is 11.9 Å². The standard InChI is InChI=1S/C16H17NO4/c1-10-11(2)21-15(12-6-4-3-5-7-12)14(10)16(20)17-9-8-13(18)19/h3-7H,8-9H2,1-2H3,(H,17,20)(H,18,19). The Labute approximate surface area is 122 Å². The number of hydrogen-bond donors (Lipinski definition) is 2. The minimum absolute atomic E-state index is 0.0893. The van der Waals surface area contributed by atoms with Crippen LogP contribution in [0.2, 0.25) is 0 Å². The molecular formula is C16H17NO4. The van der Waals surface area contributed by atoms with Crippen molar-refractivity contribution in [1.82, 2.24) is 5.32 Å². The third-order valence-electron chi connectivity index (χ3n) is 3.27. The van der Waals surface area contributed by atoms with E-state index in [0.717, 1.165) is 11.1 Å². The molecule has 21 heavy (non-hydrogen) atoms. The Morgan fingerprint density at radius 1 is 1.19 bits per heavy atom. The molecule has 0 radical (unpaired) electrons. The molecule has 0 atom stereocenters. The lowest BCUT2D eigenvalue weighted by molar-refractivity contribution is -0.136. The summed E-state index contributed by atoms with van der Waals surface area (Å²) in [6.07, 6.45) is -0.109. The highest BCUT2D eigenvalue weighted by Crippen LogP contribution is 2.30. The fourth-order valence-electron chi connectivity index (χ4n) is 2.06. The van der Waals surface area contributed by atoms with Crippen molar-refractivity contribution in [1.29, 1.82) is 0 Å². The van der Waals surface area contributed by atoms with E-state index >= 15 is 0 Å². The number of hydrogen-bond acceptors (Lipinski definition) is 3. The van der Waals surface area contributed by atoms with Crippen LogP contribution in [0.4, 0.5) is 0 Å². The van der Waals surface area contributed by atoms with Gasteiger partial charge >= 0.3 is 5.97 Å². The van der Waals surface area contributed by atoms with Gasteiger partial charge in [-0.2, -0.15) is 0 Å². The van der Waals surface area contributed by atoms with Crippen molar-refractivity contribution in [3.05, 3.63) is 47.2 Å². The van der Waals surface area contributed by atoms with Gasteiger partial charge in [0, 0.05) is 17.7 Å². The van der Waals surface area contributed by atoms with Crippen molar-refractivity contribution in [2.75, 3.05) is 6.54 Å². The van der Waals surface area contributed by atoms with Gasteiger partial charge in [-0.1, -0.05) is 30.3 Å². The monoisotopic (exact) mass is 287 g/mol. The number of rotatable bonds is 5. The fraction of sp³-hybridized carbons (Fsp3) is 0.250. The Morgan fingerprint density at radius 2 is 1.86 bits per heavy atom. The number of furan rings is 1. The first-order valence-corrected chi connectivity index (χ1v) is 6.66. The van der Waals surface area contributed by atoms with Crippen LogP contribution < -0.4 is 5.32 Å². The largest absolute Gasteiger partial charge is 0.481 e. The van der Waals surface area contributed by atoms with E-state index in [0.29, 0.717) is 17.1 Å². The quantitative estimate of drug-likeness (QED) is 0.886. The van der Waals surface area contributed by atoms with Gasteiger partial charge in [0.2, 0.25) is 0 Å². The zero-order valence-corrected chi connectivity index (χ0v) is 12.0. The summed E-state index contributed by atoms with van der Waals surface area (Å²) in [5, 5.41) is 11.2. The topological polar surface area (TPSA) is 79.5 Å². The second kappa shape index (κ2) is 6.26. The molecule has 0 fully saturated rings. The molecule has 1 heterocycles. The number of aryl methyl sites for hydroxylation is 1. The first-order chi connectivity index (χ1) is 10.0. The zero-order chi connectivity index (χ0) is 15.4. The van der Waals surface area contributed by atoms with E-state index in [1.807, 2.05) is 37.3 Å². The summed E-state index contributed by atoms with van der Waals surface area (Å²) in [4.78, 5) is 22.8. The molecule has 5 nitrogen and oxygen atoms in total. The molecule has 0 saturated carbocycles. The Hall–Kier alpha value is -2.56. The Bertz CT molecular complexity index is 658. The number of nitrogens with one attached hydrogen (secondary N) is 1. The fourth-order valence-corrected chi connectivity index (χ4v) is 2.06. The Balaban J connectivity index is 2.30. The first-order valence-electron chi connectivity index (χ1n) is 6.66. The highest BCUT2D eigenvalue weighted by Gasteiger charge is 2.22. The molecule has 110 valence electrons. The van der Waals surface area contributed by atoms with Gasteiger partial charge in [-0.3, -0.25) is 9.59 Å². The summed E-state index contributed by atoms with van der Waals surface area (Å²) in [5.41, 5.74) is 2.04. The van der Waals surface area contributed by atoms with Crippen LogP contribution in [0.25, 0.3) is 11.3 Å². The van der Waals surface area contributed by atoms with E-state index in [-0.39, 0.29) is 18.9 Å². The number of carbonyl (C=O) groups excluding carboxylic acids is 1. The molecule has 2 aromatic rings. The molecule has 2 N–H and O–H groups in total. The summed E-state index contributed by atoms with van der Waals surface area (Å²) < 4.78 is 5.70. The summed E-state index contributed by atoms with van der Waals surface area (Å²) >= 11 is 0. The maximum atomic E-state index is 12.3. The zero-order valence-electron chi connectivity index (χ0n) is 12.0. The third kappa shape index (κ3) is 3.31. The lowest BCUT2D eigenvalue weighted by Gasteiger charge is -2.05. The molecular weight excluding hydrogens is 270 g/mol. The molecule has 2 rings (SSSR count). The summed E-state index contributed by atoms with van der Waals surface area (Å²) in [6.45, 7) is 3.71. The van der Waals surface area contributed by atoms with Crippen molar-refractivity contribution in [2.24, 2.45) is 0 Å². The second-order valence-corrected chi connectivity index (χ2v) is 4.75. The van der Waals surface area contributed by atoms with Gasteiger partial charge in [0.15, 0.2) is 0 Å². The third-order valence-corrected chi connectivity index (χ3v) is 3.27. The predicted molar refractivity (Wildman–Crippen MR) is 78.2 cm³/mol. The summed E-state index contributed by atoms with van der Waals surface area (Å²) in [7, 11) is 0. The number of carboxylic acids is 1. The van der Waals surface area contributed by atoms with Crippen LogP contribution >= 0.6 is 0 Å². The van der Waals surface area contributed by atoms with Crippen LogP contribution in [-0.4, -0.2) is 23.5 Å². The lowest BCUT2D eigenvalue weighted by Crippen LogP contribution is -2.26. The van der Waals surface area contributed by atoms with Gasteiger partial charge in [-0.25, -0.2) is 0 Å². The Morgan fingerprint density at radius 3 is 2.48 bits per heavy atom. The smallest absolute Gasteiger partial charge is 0.305 e. The molecule has 0 aliphatic carbocycles. The van der Waals surface area contributed by atoms with Gasteiger partial charge in [0.25, 0.3) is 5.91 Å². The van der Waals surface area contributed by atoms with Crippen LogP contribution in [0.1, 0.15) is 28.1 Å². The maximum Gasteiger partial charge on any atom is 0.305 e. The van der Waals surface area contributed by atoms with E-state index in [2.05, 4.69) is 5.32 Å². The highest BCUT2D eigenvalue weighted by molar-refractivity contribution is 6.01. The number of carbonyl (C=O) groups is 2. The van der Waals surface area contributed by atoms with Crippen molar-refractivity contribution in [3.8, 4) is 11.3 Å². The number of amides is 1. The van der Waals surface area contributed by atoms with E-state index in [1.165, 1.54) is 0 Å². The molecule has 0 bridgehead atoms. The van der Waals surface area contributed by atoms with Crippen molar-refractivity contribution in [3.63, 3.8) is 0 Å². The van der Waals surface area contributed by atoms with Gasteiger partial charge in [-0.15, -0.1) is 0 Å². The normalized spacial score (nSPS) is 10.4. The van der Waals surface area contributed by atoms with Gasteiger partial charge in [-0.05, 0) is 13.8 Å². The van der Waals surface area contributed by atoms with Crippen molar-refractivity contribution < 1.29 is 19.1 Å². The average molecular weight is 287 g/mol. The van der Waals surface area contributed by atoms with Crippen LogP contribution in [0.3, 0.4) is 0 Å². The molecule has 0 unspecified atom stereocenters. The second-order valence-electron chi connectivity index (χ2n) is 4.75. The van der Waals surface area contributed by atoms with Crippen LogP contribution in [0.5, 0.6) is 0 Å². The minimum atomic E-state index is -0.946. The molecule has 0 saturated heterocycles. The molecule has 0 spiro atoms. The van der Waals surface area contributed by atoms with Gasteiger partial charge < -0.3 is 14.8 Å². The highest BCUT2D eigenvalue weighted by atomic mass is 16.4. The Kier molecular flexibility index (Phi) is 4.42. The van der Waals surface area contributed by atoms with Gasteiger partial charge in [0.1, 0.15) is 11.5 Å². The van der Waals surface area contributed by atoms with Crippen LogP contribution in [0.15, 0.2) is 34.7 Å². The summed E-state index contributed by atoms with van der Waals surface area (Å²) in [5.74, 6) is -0.0706. The lowest BCUT2D eigenvalue weighted by atomic mass is 10.0. The first kappa shape index (κ1) is 14.8. The minimum Gasteiger partial charge on any atom is -0.481 e. The summed E-state index contributed by atoms with van der Waals surface area (Å²) in [6, 6.07) is 9.36. The number of benzene rings is 1. The van der Waals surface area contributed by atoms with E-state index < -0.39 is 5.97 Å². The molecule has 1 amide bonds. The molecule has 1 aromatic heterocycles. The SMILES string of the molecule is Cc1oc(-c2ccccc2)c(C(=O)NCCC(=O)O)c1C. The number of carboxylic acid groups (broad SMARTS) is 1. The van der Waals surface area contributed by atoms with E-state index in [9.17, 15) is 9.59 Å². The molecule has 0 aliphatic heterocycles. The van der Waals surface area contributed by atoms with E-state index in [1.54, 1.807) is 6.92 Å². The molecule has 5 heteroatoms. The maximum absolute atomic E-state index is 12.3. The van der Waals surface area contributed by atoms with Gasteiger partial charge in [0.05, 0.1) is 12.0 Å². The predicted octanol–water partition coefficient (Wildman–Crippen LogP) is 2.77. The molecule has 0 aliphatic rings. The average Bonchev–Trinajstić information content (AvgIpc) is 2.75. The van der Waals surface area contributed by atoms with Crippen LogP contribution in [-0.2, 0) is 4.79 Å². The molecule has 1 aromatic carbocycles.